The van der Waals surface area contributed by atoms with E-state index in [1.807, 2.05) is 12.2 Å². The van der Waals surface area contributed by atoms with Gasteiger partial charge >= 0.3 is 0 Å². The van der Waals surface area contributed by atoms with E-state index >= 15 is 0 Å². The number of hydrogen-bond donors (Lipinski definition) is 0. The van der Waals surface area contributed by atoms with Gasteiger partial charge in [0.05, 0.1) is 18.8 Å². The fourth-order valence-corrected chi connectivity index (χ4v) is 2.73. The Morgan fingerprint density at radius 2 is 2.00 bits per heavy atom. The standard InChI is InChI=1S/C12H20O4/c1-13-8-11-7-9-6-10(16-11)4-5-12(9,14-2)15-3/h4-5,9-11H,6-8H2,1-3H3. The van der Waals surface area contributed by atoms with Crippen LogP contribution < -0.4 is 0 Å². The van der Waals surface area contributed by atoms with Gasteiger partial charge in [0.25, 0.3) is 0 Å². The summed E-state index contributed by atoms with van der Waals surface area (Å²) < 4.78 is 22.1. The minimum atomic E-state index is -0.577. The van der Waals surface area contributed by atoms with Crippen LogP contribution in [-0.4, -0.2) is 45.9 Å². The molecule has 4 heteroatoms. The van der Waals surface area contributed by atoms with E-state index in [4.69, 9.17) is 18.9 Å². The van der Waals surface area contributed by atoms with Gasteiger partial charge in [-0.25, -0.2) is 0 Å². The number of fused-ring (bicyclic) bond motifs is 2. The molecule has 1 fully saturated rings. The molecule has 92 valence electrons. The van der Waals surface area contributed by atoms with Crippen LogP contribution in [0.1, 0.15) is 12.8 Å². The van der Waals surface area contributed by atoms with E-state index in [1.165, 1.54) is 0 Å². The lowest BCUT2D eigenvalue weighted by molar-refractivity contribution is -0.238. The summed E-state index contributed by atoms with van der Waals surface area (Å²) in [6, 6.07) is 0. The Morgan fingerprint density at radius 1 is 1.25 bits per heavy atom. The molecular weight excluding hydrogens is 208 g/mol. The predicted octanol–water partition coefficient (Wildman–Crippen LogP) is 1.36. The smallest absolute Gasteiger partial charge is 0.190 e. The quantitative estimate of drug-likeness (QED) is 0.538. The van der Waals surface area contributed by atoms with Gasteiger partial charge in [-0.15, -0.1) is 0 Å². The lowest BCUT2D eigenvalue weighted by Gasteiger charge is -2.45. The van der Waals surface area contributed by atoms with Crippen LogP contribution in [0.5, 0.6) is 0 Å². The Bertz CT molecular complexity index is 260. The Kier molecular flexibility index (Phi) is 3.64. The van der Waals surface area contributed by atoms with Crippen molar-refractivity contribution in [2.75, 3.05) is 27.9 Å². The lowest BCUT2D eigenvalue weighted by atomic mass is 9.80. The molecule has 0 aromatic heterocycles. The molecule has 4 nitrogen and oxygen atoms in total. The van der Waals surface area contributed by atoms with Gasteiger partial charge in [-0.05, 0) is 18.9 Å². The molecule has 1 aliphatic carbocycles. The Morgan fingerprint density at radius 3 is 2.62 bits per heavy atom. The van der Waals surface area contributed by atoms with E-state index < -0.39 is 5.79 Å². The van der Waals surface area contributed by atoms with Crippen LogP contribution in [0.15, 0.2) is 12.2 Å². The average Bonchev–Trinajstić information content (AvgIpc) is 2.31. The third kappa shape index (κ3) is 2.02. The van der Waals surface area contributed by atoms with E-state index in [2.05, 4.69) is 0 Å². The van der Waals surface area contributed by atoms with Crippen molar-refractivity contribution in [2.24, 2.45) is 5.92 Å². The monoisotopic (exact) mass is 228 g/mol. The summed E-state index contributed by atoms with van der Waals surface area (Å²) in [4.78, 5) is 0. The first-order valence-electron chi connectivity index (χ1n) is 5.68. The largest absolute Gasteiger partial charge is 0.382 e. The molecule has 1 heterocycles. The molecule has 0 aromatic carbocycles. The molecule has 1 aliphatic heterocycles. The van der Waals surface area contributed by atoms with Gasteiger partial charge < -0.3 is 18.9 Å². The fraction of sp³-hybridized carbons (Fsp3) is 0.833. The summed E-state index contributed by atoms with van der Waals surface area (Å²) in [6.45, 7) is 0.629. The van der Waals surface area contributed by atoms with Crippen molar-refractivity contribution in [1.29, 1.82) is 0 Å². The molecule has 0 amide bonds. The molecule has 16 heavy (non-hydrogen) atoms. The zero-order chi connectivity index (χ0) is 11.6. The van der Waals surface area contributed by atoms with Crippen LogP contribution in [0.2, 0.25) is 0 Å². The minimum Gasteiger partial charge on any atom is -0.382 e. The van der Waals surface area contributed by atoms with Crippen molar-refractivity contribution in [1.82, 2.24) is 0 Å². The van der Waals surface area contributed by atoms with Crippen molar-refractivity contribution in [2.45, 2.75) is 30.8 Å². The van der Waals surface area contributed by atoms with Gasteiger partial charge in [-0.1, -0.05) is 6.08 Å². The molecule has 0 spiro atoms. The Hall–Kier alpha value is -0.420. The maximum atomic E-state index is 5.86. The molecule has 3 atom stereocenters. The first-order chi connectivity index (χ1) is 7.74. The molecule has 0 saturated carbocycles. The van der Waals surface area contributed by atoms with Gasteiger partial charge in [0.1, 0.15) is 0 Å². The second-order valence-electron chi connectivity index (χ2n) is 4.41. The second kappa shape index (κ2) is 4.84. The van der Waals surface area contributed by atoms with Crippen molar-refractivity contribution < 1.29 is 18.9 Å². The topological polar surface area (TPSA) is 36.9 Å². The highest BCUT2D eigenvalue weighted by molar-refractivity contribution is 5.11. The SMILES string of the molecule is COCC1CC2CC(C=CC2(OC)OC)O1. The number of rotatable bonds is 4. The van der Waals surface area contributed by atoms with Crippen molar-refractivity contribution in [3.05, 3.63) is 12.2 Å². The summed E-state index contributed by atoms with van der Waals surface area (Å²) in [5, 5.41) is 0. The average molecular weight is 228 g/mol. The van der Waals surface area contributed by atoms with Crippen molar-refractivity contribution in [3.8, 4) is 0 Å². The number of hydrogen-bond acceptors (Lipinski definition) is 4. The molecule has 0 N–H and O–H groups in total. The zero-order valence-corrected chi connectivity index (χ0v) is 10.1. The molecule has 0 radical (unpaired) electrons. The van der Waals surface area contributed by atoms with Crippen LogP contribution in [0.3, 0.4) is 0 Å². The highest BCUT2D eigenvalue weighted by Gasteiger charge is 2.45. The Balaban J connectivity index is 2.13. The first-order valence-corrected chi connectivity index (χ1v) is 5.68. The van der Waals surface area contributed by atoms with Crippen LogP contribution in [-0.2, 0) is 18.9 Å². The second-order valence-corrected chi connectivity index (χ2v) is 4.41. The molecule has 1 saturated heterocycles. The summed E-state index contributed by atoms with van der Waals surface area (Å²) in [5.74, 6) is -0.238. The van der Waals surface area contributed by atoms with E-state index in [9.17, 15) is 0 Å². The van der Waals surface area contributed by atoms with Crippen molar-refractivity contribution >= 4 is 0 Å². The third-order valence-corrected chi connectivity index (χ3v) is 3.53. The van der Waals surface area contributed by atoms with E-state index in [1.54, 1.807) is 21.3 Å². The highest BCUT2D eigenvalue weighted by atomic mass is 16.7. The summed E-state index contributed by atoms with van der Waals surface area (Å²) >= 11 is 0. The van der Waals surface area contributed by atoms with Gasteiger partial charge in [0.2, 0.25) is 0 Å². The van der Waals surface area contributed by atoms with Crippen LogP contribution in [0, 0.1) is 5.92 Å². The van der Waals surface area contributed by atoms with Crippen LogP contribution in [0.25, 0.3) is 0 Å². The fourth-order valence-electron chi connectivity index (χ4n) is 2.73. The third-order valence-electron chi connectivity index (χ3n) is 3.53. The molecule has 2 aliphatic rings. The van der Waals surface area contributed by atoms with E-state index in [0.717, 1.165) is 12.8 Å². The Labute approximate surface area is 96.5 Å². The minimum absolute atomic E-state index is 0.142. The van der Waals surface area contributed by atoms with Gasteiger partial charge in [-0.3, -0.25) is 0 Å². The highest BCUT2D eigenvalue weighted by Crippen LogP contribution is 2.40. The lowest BCUT2D eigenvalue weighted by Crippen LogP contribution is -2.50. The van der Waals surface area contributed by atoms with E-state index in [-0.39, 0.29) is 12.2 Å². The summed E-state index contributed by atoms with van der Waals surface area (Å²) in [6.07, 6.45) is 6.20. The maximum absolute atomic E-state index is 5.86. The first kappa shape index (κ1) is 12.0. The van der Waals surface area contributed by atoms with Crippen molar-refractivity contribution in [3.63, 3.8) is 0 Å². The molecular formula is C12H20O4. The molecule has 3 unspecified atom stereocenters. The van der Waals surface area contributed by atoms with Gasteiger partial charge in [0, 0.05) is 27.2 Å². The maximum Gasteiger partial charge on any atom is 0.190 e. The van der Waals surface area contributed by atoms with Crippen LogP contribution >= 0.6 is 0 Å². The molecule has 2 bridgehead atoms. The van der Waals surface area contributed by atoms with Crippen LogP contribution in [0.4, 0.5) is 0 Å². The normalized spacial score (nSPS) is 36.3. The molecule has 0 aromatic rings. The molecule has 2 rings (SSSR count). The zero-order valence-electron chi connectivity index (χ0n) is 10.1. The van der Waals surface area contributed by atoms with E-state index in [0.29, 0.717) is 12.5 Å². The summed E-state index contributed by atoms with van der Waals surface area (Å²) in [5.41, 5.74) is 0. The number of ether oxygens (including phenoxy) is 4. The summed E-state index contributed by atoms with van der Waals surface area (Å²) in [7, 11) is 5.08. The number of methoxy groups -OCH3 is 3. The van der Waals surface area contributed by atoms with Gasteiger partial charge in [-0.2, -0.15) is 0 Å². The predicted molar refractivity (Wildman–Crippen MR) is 59.2 cm³/mol. The van der Waals surface area contributed by atoms with Gasteiger partial charge in [0.15, 0.2) is 5.79 Å².